The zero-order valence-electron chi connectivity index (χ0n) is 9.41. The van der Waals surface area contributed by atoms with E-state index in [0.29, 0.717) is 5.39 Å². The largest absolute Gasteiger partial charge is 0.504 e. The van der Waals surface area contributed by atoms with Crippen molar-refractivity contribution in [2.45, 2.75) is 0 Å². The highest BCUT2D eigenvalue weighted by Crippen LogP contribution is 2.30. The summed E-state index contributed by atoms with van der Waals surface area (Å²) in [5.74, 6) is 1.89. The van der Waals surface area contributed by atoms with E-state index in [4.69, 9.17) is 10.9 Å². The van der Waals surface area contributed by atoms with Crippen LogP contribution in [0.1, 0.15) is 20.8 Å². The number of aromatic carboxylic acids is 1. The third kappa shape index (κ3) is 2.11. The molecule has 0 saturated heterocycles. The quantitative estimate of drug-likeness (QED) is 0.221. The van der Waals surface area contributed by atoms with Gasteiger partial charge in [0.25, 0.3) is 5.91 Å². The van der Waals surface area contributed by atoms with E-state index in [0.717, 1.165) is 12.1 Å². The van der Waals surface area contributed by atoms with E-state index in [1.807, 2.05) is 5.43 Å². The predicted octanol–water partition coefficient (Wildman–Crippen LogP) is -0.0523. The summed E-state index contributed by atoms with van der Waals surface area (Å²) in [4.78, 5) is 26.3. The molecule has 1 aromatic heterocycles. The molecule has 0 bridgehead atoms. The van der Waals surface area contributed by atoms with Crippen LogP contribution in [0.5, 0.6) is 11.5 Å². The molecule has 0 atom stereocenters. The first-order chi connectivity index (χ1) is 8.93. The van der Waals surface area contributed by atoms with Gasteiger partial charge >= 0.3 is 5.97 Å². The number of carbonyl (C=O) groups excluding carboxylic acids is 1. The van der Waals surface area contributed by atoms with Crippen molar-refractivity contribution in [1.82, 2.24) is 10.4 Å². The van der Waals surface area contributed by atoms with Gasteiger partial charge in [-0.15, -0.1) is 0 Å². The zero-order valence-corrected chi connectivity index (χ0v) is 9.41. The fourth-order valence-electron chi connectivity index (χ4n) is 1.61. The molecule has 6 N–H and O–H groups in total. The van der Waals surface area contributed by atoms with E-state index >= 15 is 0 Å². The number of hydrogen-bond donors (Lipinski definition) is 5. The number of nitrogens with zero attached hydrogens (tertiary/aromatic N) is 1. The van der Waals surface area contributed by atoms with Gasteiger partial charge in [0.1, 0.15) is 0 Å². The van der Waals surface area contributed by atoms with Gasteiger partial charge in [0.2, 0.25) is 0 Å². The summed E-state index contributed by atoms with van der Waals surface area (Å²) in [6.07, 6.45) is 0. The fraction of sp³-hybridized carbons (Fsp3) is 0. The number of carboxylic acids is 1. The van der Waals surface area contributed by atoms with Crippen LogP contribution in [-0.4, -0.2) is 32.2 Å². The molecule has 0 aliphatic rings. The summed E-state index contributed by atoms with van der Waals surface area (Å²) in [5.41, 5.74) is 1.20. The second kappa shape index (κ2) is 4.42. The molecule has 8 nitrogen and oxygen atoms in total. The number of nitrogen functional groups attached to an aromatic ring is 1. The lowest BCUT2D eigenvalue weighted by atomic mass is 10.1. The van der Waals surface area contributed by atoms with Gasteiger partial charge in [-0.1, -0.05) is 0 Å². The lowest BCUT2D eigenvalue weighted by Gasteiger charge is -2.07. The Morgan fingerprint density at radius 3 is 2.37 bits per heavy atom. The standard InChI is InChI=1S/C11H9N3O5/c12-14-10(17)5-1-4-2-7(15)8(16)3-6(4)13-9(5)11(18)19/h1-3,15-16H,12H2,(H,14,17)(H,18,19). The number of aromatic hydroxyl groups is 2. The fourth-order valence-corrected chi connectivity index (χ4v) is 1.61. The Balaban J connectivity index is 2.80. The second-order valence-electron chi connectivity index (χ2n) is 3.70. The number of phenols is 2. The number of carbonyl (C=O) groups is 2. The molecule has 0 unspecified atom stereocenters. The molecular weight excluding hydrogens is 254 g/mol. The maximum Gasteiger partial charge on any atom is 0.355 e. The molecule has 0 spiro atoms. The summed E-state index contributed by atoms with van der Waals surface area (Å²) < 4.78 is 0. The minimum Gasteiger partial charge on any atom is -0.504 e. The third-order valence-electron chi connectivity index (χ3n) is 2.49. The van der Waals surface area contributed by atoms with Crippen molar-refractivity contribution < 1.29 is 24.9 Å². The van der Waals surface area contributed by atoms with Crippen molar-refractivity contribution in [2.75, 3.05) is 0 Å². The first-order valence-electron chi connectivity index (χ1n) is 5.05. The number of nitrogens with one attached hydrogen (secondary N) is 1. The molecule has 0 aliphatic carbocycles. The third-order valence-corrected chi connectivity index (χ3v) is 2.49. The molecule has 0 radical (unpaired) electrons. The highest BCUT2D eigenvalue weighted by Gasteiger charge is 2.19. The molecule has 19 heavy (non-hydrogen) atoms. The SMILES string of the molecule is NNC(=O)c1cc2cc(O)c(O)cc2nc1C(=O)O. The first kappa shape index (κ1) is 12.6. The molecule has 1 heterocycles. The van der Waals surface area contributed by atoms with Crippen LogP contribution in [0.3, 0.4) is 0 Å². The van der Waals surface area contributed by atoms with Crippen LogP contribution < -0.4 is 11.3 Å². The van der Waals surface area contributed by atoms with Crippen LogP contribution in [0.15, 0.2) is 18.2 Å². The Bertz CT molecular complexity index is 698. The number of aromatic nitrogens is 1. The van der Waals surface area contributed by atoms with E-state index in [-0.39, 0.29) is 11.1 Å². The zero-order chi connectivity index (χ0) is 14.2. The minimum atomic E-state index is -1.41. The molecule has 0 fully saturated rings. The predicted molar refractivity (Wildman–Crippen MR) is 63.7 cm³/mol. The summed E-state index contributed by atoms with van der Waals surface area (Å²) in [6, 6.07) is 3.48. The molecule has 1 amide bonds. The molecule has 2 rings (SSSR count). The summed E-state index contributed by atoms with van der Waals surface area (Å²) in [6.45, 7) is 0. The van der Waals surface area contributed by atoms with Crippen molar-refractivity contribution in [3.8, 4) is 11.5 Å². The van der Waals surface area contributed by atoms with Gasteiger partial charge in [-0.3, -0.25) is 10.2 Å². The number of benzene rings is 1. The number of amides is 1. The van der Waals surface area contributed by atoms with Crippen LogP contribution >= 0.6 is 0 Å². The molecule has 98 valence electrons. The van der Waals surface area contributed by atoms with E-state index in [1.54, 1.807) is 0 Å². The lowest BCUT2D eigenvalue weighted by Crippen LogP contribution is -2.31. The highest BCUT2D eigenvalue weighted by atomic mass is 16.4. The molecule has 8 heteroatoms. The van der Waals surface area contributed by atoms with Gasteiger partial charge in [0.15, 0.2) is 17.2 Å². The number of hydrazine groups is 1. The number of pyridine rings is 1. The monoisotopic (exact) mass is 263 g/mol. The van der Waals surface area contributed by atoms with Crippen molar-refractivity contribution >= 4 is 22.8 Å². The Hall–Kier alpha value is -2.87. The molecule has 1 aromatic carbocycles. The van der Waals surface area contributed by atoms with Crippen molar-refractivity contribution in [3.63, 3.8) is 0 Å². The number of nitrogens with two attached hydrogens (primary N) is 1. The van der Waals surface area contributed by atoms with Gasteiger partial charge in [-0.2, -0.15) is 0 Å². The van der Waals surface area contributed by atoms with Crippen molar-refractivity contribution in [2.24, 2.45) is 5.84 Å². The minimum absolute atomic E-state index is 0.126. The highest BCUT2D eigenvalue weighted by molar-refractivity contribution is 6.06. The number of hydrogen-bond acceptors (Lipinski definition) is 6. The lowest BCUT2D eigenvalue weighted by molar-refractivity contribution is 0.0685. The molecular formula is C11H9N3O5. The van der Waals surface area contributed by atoms with E-state index in [9.17, 15) is 19.8 Å². The van der Waals surface area contributed by atoms with E-state index in [1.165, 1.54) is 6.07 Å². The average Bonchev–Trinajstić information content (AvgIpc) is 2.37. The maximum atomic E-state index is 11.5. The first-order valence-corrected chi connectivity index (χ1v) is 5.05. The summed E-state index contributed by atoms with van der Waals surface area (Å²) >= 11 is 0. The molecule has 2 aromatic rings. The number of rotatable bonds is 2. The Morgan fingerprint density at radius 1 is 1.16 bits per heavy atom. The maximum absolute atomic E-state index is 11.5. The van der Waals surface area contributed by atoms with Gasteiger partial charge in [-0.05, 0) is 12.1 Å². The topological polar surface area (TPSA) is 146 Å². The van der Waals surface area contributed by atoms with Gasteiger partial charge in [0, 0.05) is 11.5 Å². The van der Waals surface area contributed by atoms with Crippen molar-refractivity contribution in [3.05, 3.63) is 29.5 Å². The van der Waals surface area contributed by atoms with E-state index in [2.05, 4.69) is 4.98 Å². The van der Waals surface area contributed by atoms with Crippen LogP contribution in [0.25, 0.3) is 10.9 Å². The van der Waals surface area contributed by atoms with Crippen molar-refractivity contribution in [1.29, 1.82) is 0 Å². The van der Waals surface area contributed by atoms with E-state index < -0.39 is 29.1 Å². The van der Waals surface area contributed by atoms with Crippen LogP contribution in [-0.2, 0) is 0 Å². The summed E-state index contributed by atoms with van der Waals surface area (Å²) in [5, 5.41) is 28.0. The summed E-state index contributed by atoms with van der Waals surface area (Å²) in [7, 11) is 0. The smallest absolute Gasteiger partial charge is 0.355 e. The second-order valence-corrected chi connectivity index (χ2v) is 3.70. The Morgan fingerprint density at radius 2 is 1.79 bits per heavy atom. The average molecular weight is 263 g/mol. The Kier molecular flexibility index (Phi) is 2.93. The molecule has 0 saturated carbocycles. The number of fused-ring (bicyclic) bond motifs is 1. The Labute approximate surface area is 106 Å². The van der Waals surface area contributed by atoms with Crippen LogP contribution in [0.2, 0.25) is 0 Å². The van der Waals surface area contributed by atoms with Gasteiger partial charge in [0.05, 0.1) is 11.1 Å². The molecule has 0 aliphatic heterocycles. The van der Waals surface area contributed by atoms with Gasteiger partial charge in [-0.25, -0.2) is 15.6 Å². The van der Waals surface area contributed by atoms with Gasteiger partial charge < -0.3 is 15.3 Å². The van der Waals surface area contributed by atoms with Crippen LogP contribution in [0.4, 0.5) is 0 Å². The number of carboxylic acid groups (broad SMARTS) is 1. The normalized spacial score (nSPS) is 10.4. The van der Waals surface area contributed by atoms with Crippen LogP contribution in [0, 0.1) is 0 Å². The number of phenolic OH excluding ortho intramolecular Hbond substituents is 2.